The topological polar surface area (TPSA) is 29.3 Å². The fourth-order valence-corrected chi connectivity index (χ4v) is 3.63. The van der Waals surface area contributed by atoms with Gasteiger partial charge in [0.05, 0.1) is 0 Å². The van der Waals surface area contributed by atoms with Crippen LogP contribution >= 0.6 is 12.6 Å². The molecule has 134 valence electrons. The molecule has 1 unspecified atom stereocenters. The summed E-state index contributed by atoms with van der Waals surface area (Å²) >= 11 is 4.57. The van der Waals surface area contributed by atoms with E-state index in [-0.39, 0.29) is 5.41 Å². The smallest absolute Gasteiger partial charge is 0.0185 e. The van der Waals surface area contributed by atoms with E-state index in [4.69, 9.17) is 5.73 Å². The van der Waals surface area contributed by atoms with Crippen LogP contribution in [-0.2, 0) is 0 Å². The third kappa shape index (κ3) is 6.64. The first kappa shape index (κ1) is 20.8. The second-order valence-corrected chi connectivity index (χ2v) is 8.82. The number of rotatable bonds is 8. The maximum Gasteiger partial charge on any atom is 0.0185 e. The van der Waals surface area contributed by atoms with Crippen LogP contribution in [0.5, 0.6) is 0 Å². The third-order valence-corrected chi connectivity index (χ3v) is 5.99. The summed E-state index contributed by atoms with van der Waals surface area (Å²) in [4.78, 5) is 3.86. The SMILES string of the molecule is C[C@H](CC/C=C/C=C(\S)C(C)(C)C)N1CCCC1(C)CCCN. The number of allylic oxidation sites excluding steroid dienone is 4. The number of likely N-dealkylation sites (tertiary alicyclic amines) is 1. The zero-order valence-electron chi connectivity index (χ0n) is 15.9. The number of nitrogens with zero attached hydrogens (tertiary/aromatic N) is 1. The predicted molar refractivity (Wildman–Crippen MR) is 107 cm³/mol. The number of nitrogens with two attached hydrogens (primary N) is 1. The minimum atomic E-state index is 0.140. The van der Waals surface area contributed by atoms with Crippen molar-refractivity contribution in [3.05, 3.63) is 23.1 Å². The van der Waals surface area contributed by atoms with Gasteiger partial charge in [-0.1, -0.05) is 39.0 Å². The van der Waals surface area contributed by atoms with Gasteiger partial charge >= 0.3 is 0 Å². The van der Waals surface area contributed by atoms with Crippen molar-refractivity contribution in [2.45, 2.75) is 84.7 Å². The van der Waals surface area contributed by atoms with E-state index in [9.17, 15) is 0 Å². The molecule has 1 aliphatic rings. The van der Waals surface area contributed by atoms with Gasteiger partial charge in [-0.25, -0.2) is 0 Å². The van der Waals surface area contributed by atoms with Crippen LogP contribution < -0.4 is 5.73 Å². The van der Waals surface area contributed by atoms with Crippen molar-refractivity contribution in [2.24, 2.45) is 11.1 Å². The second kappa shape index (κ2) is 9.29. The van der Waals surface area contributed by atoms with Crippen molar-refractivity contribution >= 4 is 12.6 Å². The molecular weight excluding hydrogens is 300 g/mol. The number of hydrogen-bond acceptors (Lipinski definition) is 3. The van der Waals surface area contributed by atoms with Gasteiger partial charge in [0.2, 0.25) is 0 Å². The Morgan fingerprint density at radius 3 is 2.70 bits per heavy atom. The molecule has 3 heteroatoms. The Morgan fingerprint density at radius 1 is 1.39 bits per heavy atom. The van der Waals surface area contributed by atoms with Crippen molar-refractivity contribution in [1.29, 1.82) is 0 Å². The molecule has 1 heterocycles. The van der Waals surface area contributed by atoms with Crippen molar-refractivity contribution in [2.75, 3.05) is 13.1 Å². The number of thiol groups is 1. The molecule has 1 aliphatic heterocycles. The first-order chi connectivity index (χ1) is 10.7. The van der Waals surface area contributed by atoms with Crippen LogP contribution in [0.25, 0.3) is 0 Å². The van der Waals surface area contributed by atoms with Crippen LogP contribution in [0.15, 0.2) is 23.1 Å². The second-order valence-electron chi connectivity index (χ2n) is 8.34. The first-order valence-electron chi connectivity index (χ1n) is 9.24. The van der Waals surface area contributed by atoms with Crippen molar-refractivity contribution in [3.63, 3.8) is 0 Å². The molecular formula is C20H38N2S. The molecule has 0 bridgehead atoms. The molecule has 0 amide bonds. The summed E-state index contributed by atoms with van der Waals surface area (Å²) in [5.74, 6) is 0. The van der Waals surface area contributed by atoms with Gasteiger partial charge in [-0.2, -0.15) is 0 Å². The Kier molecular flexibility index (Phi) is 8.40. The maximum absolute atomic E-state index is 5.72. The number of hydrogen-bond donors (Lipinski definition) is 2. The highest BCUT2D eigenvalue weighted by Crippen LogP contribution is 2.35. The van der Waals surface area contributed by atoms with E-state index in [1.807, 2.05) is 0 Å². The average Bonchev–Trinajstić information content (AvgIpc) is 2.85. The summed E-state index contributed by atoms with van der Waals surface area (Å²) in [6.45, 7) is 13.4. The predicted octanol–water partition coefficient (Wildman–Crippen LogP) is 5.16. The van der Waals surface area contributed by atoms with Gasteiger partial charge in [0.1, 0.15) is 0 Å². The summed E-state index contributed by atoms with van der Waals surface area (Å²) in [6.07, 6.45) is 14.0. The third-order valence-electron chi connectivity index (χ3n) is 5.17. The summed E-state index contributed by atoms with van der Waals surface area (Å²) in [5.41, 5.74) is 6.22. The van der Waals surface area contributed by atoms with Gasteiger partial charge in [0, 0.05) is 11.6 Å². The molecule has 1 fully saturated rings. The molecule has 2 atom stereocenters. The van der Waals surface area contributed by atoms with Crippen LogP contribution in [0.2, 0.25) is 0 Å². The fourth-order valence-electron chi connectivity index (χ4n) is 3.55. The first-order valence-corrected chi connectivity index (χ1v) is 9.68. The van der Waals surface area contributed by atoms with E-state index in [2.05, 4.69) is 70.4 Å². The van der Waals surface area contributed by atoms with E-state index in [1.54, 1.807) is 0 Å². The van der Waals surface area contributed by atoms with Gasteiger partial charge in [0.25, 0.3) is 0 Å². The Balaban J connectivity index is 2.46. The Bertz CT molecular complexity index is 408. The lowest BCUT2D eigenvalue weighted by molar-refractivity contribution is 0.0950. The summed E-state index contributed by atoms with van der Waals surface area (Å²) < 4.78 is 0. The molecule has 2 nitrogen and oxygen atoms in total. The minimum absolute atomic E-state index is 0.140. The lowest BCUT2D eigenvalue weighted by atomic mass is 9.91. The molecule has 0 aromatic carbocycles. The van der Waals surface area contributed by atoms with Gasteiger partial charge in [-0.05, 0) is 75.8 Å². The van der Waals surface area contributed by atoms with E-state index < -0.39 is 0 Å². The normalized spacial score (nSPS) is 25.4. The monoisotopic (exact) mass is 338 g/mol. The minimum Gasteiger partial charge on any atom is -0.330 e. The van der Waals surface area contributed by atoms with Crippen LogP contribution in [-0.4, -0.2) is 29.6 Å². The summed E-state index contributed by atoms with van der Waals surface area (Å²) in [5, 5.41) is 0. The quantitative estimate of drug-likeness (QED) is 0.472. The van der Waals surface area contributed by atoms with E-state index >= 15 is 0 Å². The standard InChI is InChI=1S/C20H38N2S/c1-17(11-7-6-8-12-18(23)19(2,3)4)22-16-10-14-20(22,5)13-9-15-21/h6,8,12,17,23H,7,9-11,13-16,21H2,1-5H3/b8-6+,18-12-/t17-,20?/m1/s1. The highest BCUT2D eigenvalue weighted by molar-refractivity contribution is 7.84. The van der Waals surface area contributed by atoms with Gasteiger partial charge in [0.15, 0.2) is 0 Å². The molecule has 2 N–H and O–H groups in total. The van der Waals surface area contributed by atoms with E-state index in [0.29, 0.717) is 11.6 Å². The fraction of sp³-hybridized carbons (Fsp3) is 0.800. The summed E-state index contributed by atoms with van der Waals surface area (Å²) in [7, 11) is 0. The Morgan fingerprint density at radius 2 is 2.09 bits per heavy atom. The highest BCUT2D eigenvalue weighted by atomic mass is 32.1. The van der Waals surface area contributed by atoms with E-state index in [0.717, 1.165) is 24.3 Å². The van der Waals surface area contributed by atoms with Gasteiger partial charge < -0.3 is 5.73 Å². The molecule has 23 heavy (non-hydrogen) atoms. The molecule has 0 aromatic heterocycles. The lowest BCUT2D eigenvalue weighted by Gasteiger charge is -2.39. The van der Waals surface area contributed by atoms with Crippen molar-refractivity contribution in [1.82, 2.24) is 4.90 Å². The largest absolute Gasteiger partial charge is 0.330 e. The molecule has 0 radical (unpaired) electrons. The highest BCUT2D eigenvalue weighted by Gasteiger charge is 2.37. The van der Waals surface area contributed by atoms with Crippen molar-refractivity contribution in [3.8, 4) is 0 Å². The molecule has 1 rings (SSSR count). The van der Waals surface area contributed by atoms with Crippen molar-refractivity contribution < 1.29 is 0 Å². The van der Waals surface area contributed by atoms with Crippen LogP contribution in [0, 0.1) is 5.41 Å². The maximum atomic E-state index is 5.72. The zero-order chi connectivity index (χ0) is 17.5. The zero-order valence-corrected chi connectivity index (χ0v) is 16.8. The molecule has 0 saturated carbocycles. The molecule has 0 aromatic rings. The average molecular weight is 339 g/mol. The summed E-state index contributed by atoms with van der Waals surface area (Å²) in [6, 6.07) is 0.645. The Hall–Kier alpha value is -0.250. The molecule has 0 spiro atoms. The Labute approximate surface area is 150 Å². The molecule has 0 aliphatic carbocycles. The van der Waals surface area contributed by atoms with Crippen LogP contribution in [0.1, 0.15) is 73.1 Å². The van der Waals surface area contributed by atoms with E-state index in [1.165, 1.54) is 32.2 Å². The van der Waals surface area contributed by atoms with Gasteiger partial charge in [-0.3, -0.25) is 4.90 Å². The van der Waals surface area contributed by atoms with Crippen LogP contribution in [0.3, 0.4) is 0 Å². The van der Waals surface area contributed by atoms with Crippen LogP contribution in [0.4, 0.5) is 0 Å². The van der Waals surface area contributed by atoms with Gasteiger partial charge in [-0.15, -0.1) is 12.6 Å². The molecule has 1 saturated heterocycles. The lowest BCUT2D eigenvalue weighted by Crippen LogP contribution is -2.46.